The van der Waals surface area contributed by atoms with Crippen LogP contribution in [0.5, 0.6) is 0 Å². The Labute approximate surface area is 119 Å². The maximum absolute atomic E-state index is 12.3. The number of carbonyl (C=O) groups excluding carboxylic acids is 2. The zero-order valence-electron chi connectivity index (χ0n) is 11.9. The van der Waals surface area contributed by atoms with Gasteiger partial charge in [-0.3, -0.25) is 9.59 Å². The number of carbonyl (C=O) groups is 2. The summed E-state index contributed by atoms with van der Waals surface area (Å²) in [6, 6.07) is 0. The molecule has 0 aromatic heterocycles. The lowest BCUT2D eigenvalue weighted by atomic mass is 9.64. The molecule has 5 aliphatic rings. The first-order valence-electron chi connectivity index (χ1n) is 7.93. The molecule has 0 spiro atoms. The fraction of sp³-hybridized carbons (Fsp3) is 0.867. The summed E-state index contributed by atoms with van der Waals surface area (Å²) in [5, 5.41) is 3.30. The lowest BCUT2D eigenvalue weighted by Crippen LogP contribution is -2.69. The number of likely N-dealkylation sites (tertiary alicyclic amines) is 1. The monoisotopic (exact) mass is 277 g/mol. The van der Waals surface area contributed by atoms with Gasteiger partial charge >= 0.3 is 0 Å². The van der Waals surface area contributed by atoms with E-state index in [0.717, 1.165) is 44.2 Å². The topological polar surface area (TPSA) is 52.7 Å². The summed E-state index contributed by atoms with van der Waals surface area (Å²) in [6.07, 6.45) is 5.13. The van der Waals surface area contributed by atoms with Crippen LogP contribution in [-0.2, 0) is 9.59 Å². The molecule has 4 heterocycles. The third kappa shape index (κ3) is 2.12. The maximum Gasteiger partial charge on any atom is 0.240 e. The smallest absolute Gasteiger partial charge is 0.240 e. The highest BCUT2D eigenvalue weighted by molar-refractivity contribution is 5.86. The summed E-state index contributed by atoms with van der Waals surface area (Å²) in [5.41, 5.74) is 0.00391. The quantitative estimate of drug-likeness (QED) is 0.802. The molecule has 0 radical (unpaired) electrons. The fourth-order valence-electron chi connectivity index (χ4n) is 5.12. The van der Waals surface area contributed by atoms with Gasteiger partial charge in [0.05, 0.1) is 12.1 Å². The Bertz CT molecular complexity index is 413. The Kier molecular flexibility index (Phi) is 2.81. The van der Waals surface area contributed by atoms with Crippen LogP contribution in [0.15, 0.2) is 0 Å². The second-order valence-corrected chi connectivity index (χ2v) is 7.32. The second kappa shape index (κ2) is 4.45. The summed E-state index contributed by atoms with van der Waals surface area (Å²) in [7, 11) is 0. The highest BCUT2D eigenvalue weighted by Crippen LogP contribution is 2.45. The minimum absolute atomic E-state index is 0.00391. The minimum atomic E-state index is 0.00391. The van der Waals surface area contributed by atoms with E-state index in [2.05, 4.69) is 10.2 Å². The van der Waals surface area contributed by atoms with Crippen molar-refractivity contribution >= 4 is 11.8 Å². The van der Waals surface area contributed by atoms with Gasteiger partial charge in [0.1, 0.15) is 0 Å². The molecular weight excluding hydrogens is 254 g/mol. The van der Waals surface area contributed by atoms with Crippen LogP contribution in [0.2, 0.25) is 0 Å². The van der Waals surface area contributed by atoms with E-state index < -0.39 is 0 Å². The maximum atomic E-state index is 12.3. The first kappa shape index (κ1) is 12.6. The van der Waals surface area contributed by atoms with Crippen molar-refractivity contribution in [3.8, 4) is 0 Å². The molecule has 2 amide bonds. The van der Waals surface area contributed by atoms with E-state index in [0.29, 0.717) is 6.42 Å². The van der Waals surface area contributed by atoms with Crippen LogP contribution in [0, 0.1) is 11.8 Å². The van der Waals surface area contributed by atoms with E-state index in [1.807, 2.05) is 0 Å². The van der Waals surface area contributed by atoms with Gasteiger partial charge in [0, 0.05) is 32.6 Å². The minimum Gasteiger partial charge on any atom is -0.348 e. The van der Waals surface area contributed by atoms with E-state index in [1.165, 1.54) is 19.5 Å². The van der Waals surface area contributed by atoms with Crippen LogP contribution in [0.25, 0.3) is 0 Å². The number of piperidine rings is 3. The SMILES string of the molecule is O=C(CN1CCCC1=O)NC12C[C@@H]3C[C@@H](CN(C3)C1)C2. The molecule has 4 bridgehead atoms. The normalized spacial score (nSPS) is 42.3. The Morgan fingerprint density at radius 2 is 2.05 bits per heavy atom. The fourth-order valence-corrected chi connectivity index (χ4v) is 5.12. The molecule has 4 saturated heterocycles. The standard InChI is InChI=1S/C15H23N3O2/c19-13(9-18-3-1-2-14(18)20)16-15-5-11-4-12(6-15)8-17(7-11)10-15/h11-12H,1-10H2,(H,16,19)/t11-,12+,15?. The summed E-state index contributed by atoms with van der Waals surface area (Å²) in [5.74, 6) is 1.72. The first-order valence-corrected chi connectivity index (χ1v) is 7.93. The largest absolute Gasteiger partial charge is 0.348 e. The van der Waals surface area contributed by atoms with Gasteiger partial charge in [0.15, 0.2) is 0 Å². The summed E-state index contributed by atoms with van der Waals surface area (Å²) in [6.45, 7) is 4.46. The molecule has 110 valence electrons. The van der Waals surface area contributed by atoms with E-state index in [1.54, 1.807) is 4.90 Å². The van der Waals surface area contributed by atoms with Crippen LogP contribution in [-0.4, -0.2) is 59.9 Å². The van der Waals surface area contributed by atoms with Crippen molar-refractivity contribution in [2.24, 2.45) is 11.8 Å². The van der Waals surface area contributed by atoms with Crippen LogP contribution in [0.4, 0.5) is 0 Å². The number of nitrogens with zero attached hydrogens (tertiary/aromatic N) is 2. The average Bonchev–Trinajstić information content (AvgIpc) is 2.72. The zero-order chi connectivity index (χ0) is 13.7. The van der Waals surface area contributed by atoms with Crippen molar-refractivity contribution in [1.29, 1.82) is 0 Å². The molecule has 0 aromatic rings. The molecule has 0 aromatic carbocycles. The third-order valence-electron chi connectivity index (χ3n) is 5.49. The Balaban J connectivity index is 1.41. The van der Waals surface area contributed by atoms with Gasteiger partial charge in [-0.25, -0.2) is 0 Å². The van der Waals surface area contributed by atoms with Gasteiger partial charge in [0.25, 0.3) is 0 Å². The summed E-state index contributed by atoms with van der Waals surface area (Å²) >= 11 is 0. The van der Waals surface area contributed by atoms with E-state index in [4.69, 9.17) is 0 Å². The van der Waals surface area contributed by atoms with Crippen LogP contribution in [0.3, 0.4) is 0 Å². The van der Waals surface area contributed by atoms with Crippen LogP contribution >= 0.6 is 0 Å². The predicted molar refractivity (Wildman–Crippen MR) is 74.0 cm³/mol. The van der Waals surface area contributed by atoms with E-state index in [9.17, 15) is 9.59 Å². The van der Waals surface area contributed by atoms with Gasteiger partial charge in [-0.05, 0) is 37.5 Å². The molecule has 1 saturated carbocycles. The zero-order valence-corrected chi connectivity index (χ0v) is 11.9. The number of hydrogen-bond donors (Lipinski definition) is 1. The van der Waals surface area contributed by atoms with Gasteiger partial charge in [-0.15, -0.1) is 0 Å². The lowest BCUT2D eigenvalue weighted by molar-refractivity contribution is -0.136. The number of amides is 2. The van der Waals surface area contributed by atoms with Crippen molar-refractivity contribution in [3.63, 3.8) is 0 Å². The number of rotatable bonds is 3. The van der Waals surface area contributed by atoms with Crippen molar-refractivity contribution in [3.05, 3.63) is 0 Å². The first-order chi connectivity index (χ1) is 9.62. The summed E-state index contributed by atoms with van der Waals surface area (Å²) < 4.78 is 0. The average molecular weight is 277 g/mol. The van der Waals surface area contributed by atoms with E-state index in [-0.39, 0.29) is 23.9 Å². The Morgan fingerprint density at radius 3 is 2.65 bits per heavy atom. The molecule has 4 aliphatic heterocycles. The molecule has 2 unspecified atom stereocenters. The molecule has 4 atom stereocenters. The number of hydrogen-bond acceptors (Lipinski definition) is 3. The van der Waals surface area contributed by atoms with Crippen molar-refractivity contribution in [2.75, 3.05) is 32.7 Å². The van der Waals surface area contributed by atoms with Gasteiger partial charge in [0.2, 0.25) is 11.8 Å². The number of nitrogens with one attached hydrogen (secondary N) is 1. The molecule has 5 nitrogen and oxygen atoms in total. The summed E-state index contributed by atoms with van der Waals surface area (Å²) in [4.78, 5) is 28.1. The highest BCUT2D eigenvalue weighted by Gasteiger charge is 2.50. The van der Waals surface area contributed by atoms with E-state index >= 15 is 0 Å². The van der Waals surface area contributed by atoms with Crippen molar-refractivity contribution in [2.45, 2.75) is 37.6 Å². The van der Waals surface area contributed by atoms with Crippen LogP contribution in [0.1, 0.15) is 32.1 Å². The molecule has 1 aliphatic carbocycles. The van der Waals surface area contributed by atoms with Gasteiger partial charge < -0.3 is 15.1 Å². The predicted octanol–water partition coefficient (Wildman–Crippen LogP) is 0.209. The molecule has 1 N–H and O–H groups in total. The highest BCUT2D eigenvalue weighted by atomic mass is 16.2. The molecular formula is C15H23N3O2. The molecule has 5 rings (SSSR count). The van der Waals surface area contributed by atoms with Crippen molar-refractivity contribution in [1.82, 2.24) is 15.1 Å². The second-order valence-electron chi connectivity index (χ2n) is 7.32. The Morgan fingerprint density at radius 1 is 1.30 bits per heavy atom. The van der Waals surface area contributed by atoms with Crippen LogP contribution < -0.4 is 5.32 Å². The molecule has 5 heteroatoms. The van der Waals surface area contributed by atoms with Gasteiger partial charge in [-0.1, -0.05) is 0 Å². The van der Waals surface area contributed by atoms with Crippen molar-refractivity contribution < 1.29 is 9.59 Å². The van der Waals surface area contributed by atoms with Gasteiger partial charge in [-0.2, -0.15) is 0 Å². The lowest BCUT2D eigenvalue weighted by Gasteiger charge is -2.58. The third-order valence-corrected chi connectivity index (χ3v) is 5.49. The molecule has 5 fully saturated rings. The molecule has 20 heavy (non-hydrogen) atoms. The Hall–Kier alpha value is -1.10.